The molecule has 7 nitrogen and oxygen atoms in total. The number of hydrogen-bond donors (Lipinski definition) is 3. The van der Waals surface area contributed by atoms with Crippen LogP contribution < -0.4 is 10.6 Å². The fraction of sp³-hybridized carbons (Fsp3) is 0.750. The van der Waals surface area contributed by atoms with Crippen molar-refractivity contribution in [2.24, 2.45) is 0 Å². The summed E-state index contributed by atoms with van der Waals surface area (Å²) < 4.78 is 0. The fourth-order valence-electron chi connectivity index (χ4n) is 1.41. The minimum Gasteiger partial charge on any atom is -0.480 e. The molecule has 1 atom stereocenters. The smallest absolute Gasteiger partial charge is 0.329 e. The first-order valence-electron chi connectivity index (χ1n) is 6.34. The minimum absolute atomic E-state index is 0.0816. The van der Waals surface area contributed by atoms with Crippen molar-refractivity contribution in [2.45, 2.75) is 44.7 Å². The molecule has 7 heteroatoms. The molecule has 0 spiro atoms. The van der Waals surface area contributed by atoms with Gasteiger partial charge in [0.15, 0.2) is 0 Å². The molecule has 0 bridgehead atoms. The molecule has 0 aromatic rings. The summed E-state index contributed by atoms with van der Waals surface area (Å²) >= 11 is 0. The normalized spacial score (nSPS) is 17.2. The maximum atomic E-state index is 11.8. The van der Waals surface area contributed by atoms with Gasteiger partial charge in [-0.15, -0.1) is 0 Å². The van der Waals surface area contributed by atoms with E-state index in [4.69, 9.17) is 5.11 Å². The van der Waals surface area contributed by atoms with E-state index in [1.54, 1.807) is 6.92 Å². The van der Waals surface area contributed by atoms with Gasteiger partial charge in [0.05, 0.1) is 0 Å². The van der Waals surface area contributed by atoms with E-state index >= 15 is 0 Å². The average molecular weight is 271 g/mol. The number of carboxylic acid groups (broad SMARTS) is 1. The zero-order chi connectivity index (χ0) is 14.6. The number of carboxylic acids is 1. The van der Waals surface area contributed by atoms with Crippen LogP contribution in [0.4, 0.5) is 4.79 Å². The van der Waals surface area contributed by atoms with Crippen molar-refractivity contribution in [3.05, 3.63) is 0 Å². The van der Waals surface area contributed by atoms with E-state index in [1.807, 2.05) is 0 Å². The Kier molecular flexibility index (Phi) is 4.74. The largest absolute Gasteiger partial charge is 0.480 e. The van der Waals surface area contributed by atoms with Gasteiger partial charge in [-0.2, -0.15) is 0 Å². The van der Waals surface area contributed by atoms with Gasteiger partial charge in [-0.05, 0) is 26.2 Å². The van der Waals surface area contributed by atoms with Crippen LogP contribution in [-0.4, -0.2) is 53.1 Å². The second kappa shape index (κ2) is 5.90. The van der Waals surface area contributed by atoms with E-state index in [-0.39, 0.29) is 24.9 Å². The Morgan fingerprint density at radius 1 is 1.37 bits per heavy atom. The van der Waals surface area contributed by atoms with Crippen LogP contribution in [-0.2, 0) is 9.59 Å². The van der Waals surface area contributed by atoms with Crippen molar-refractivity contribution in [3.63, 3.8) is 0 Å². The Balaban J connectivity index is 2.46. The molecule has 1 unspecified atom stereocenters. The number of carbonyl (C=O) groups excluding carboxylic acids is 2. The monoisotopic (exact) mass is 271 g/mol. The molecule has 0 heterocycles. The van der Waals surface area contributed by atoms with E-state index in [0.29, 0.717) is 0 Å². The molecule has 1 aliphatic rings. The molecular formula is C12H21N3O4. The zero-order valence-corrected chi connectivity index (χ0v) is 11.5. The molecule has 0 aromatic heterocycles. The molecule has 0 saturated heterocycles. The van der Waals surface area contributed by atoms with Crippen molar-refractivity contribution in [2.75, 3.05) is 13.6 Å². The molecular weight excluding hydrogens is 250 g/mol. The molecule has 0 radical (unpaired) electrons. The van der Waals surface area contributed by atoms with E-state index in [1.165, 1.54) is 18.9 Å². The molecule has 19 heavy (non-hydrogen) atoms. The lowest BCUT2D eigenvalue weighted by molar-refractivity contribution is -0.143. The summed E-state index contributed by atoms with van der Waals surface area (Å²) in [5.41, 5.74) is -1.32. The third kappa shape index (κ3) is 4.42. The fourth-order valence-corrected chi connectivity index (χ4v) is 1.41. The Morgan fingerprint density at radius 3 is 2.37 bits per heavy atom. The Morgan fingerprint density at radius 2 is 1.95 bits per heavy atom. The predicted octanol–water partition coefficient (Wildman–Crippen LogP) is 0.160. The maximum Gasteiger partial charge on any atom is 0.329 e. The lowest BCUT2D eigenvalue weighted by Gasteiger charge is -2.27. The number of aliphatic carboxylic acids is 1. The van der Waals surface area contributed by atoms with E-state index in [0.717, 1.165) is 12.8 Å². The van der Waals surface area contributed by atoms with Gasteiger partial charge < -0.3 is 20.6 Å². The molecule has 0 aliphatic heterocycles. The molecule has 1 saturated carbocycles. The Labute approximate surface area is 112 Å². The first kappa shape index (κ1) is 15.3. The number of urea groups is 1. The van der Waals surface area contributed by atoms with Gasteiger partial charge in [0.1, 0.15) is 12.1 Å². The third-order valence-corrected chi connectivity index (χ3v) is 3.23. The van der Waals surface area contributed by atoms with Crippen molar-refractivity contribution >= 4 is 17.9 Å². The number of hydrogen-bond acceptors (Lipinski definition) is 3. The van der Waals surface area contributed by atoms with E-state index in [2.05, 4.69) is 10.6 Å². The number of amides is 3. The lowest BCUT2D eigenvalue weighted by atomic mass is 10.00. The van der Waals surface area contributed by atoms with Crippen LogP contribution in [0, 0.1) is 0 Å². The van der Waals surface area contributed by atoms with Crippen molar-refractivity contribution in [1.29, 1.82) is 0 Å². The standard InChI is InChI=1S/C12H21N3O4/c1-4-12(2,10(17)18)14-11(19)15(3)7-9(16)13-8-5-6-8/h8H,4-7H2,1-3H3,(H,13,16)(H,14,19)(H,17,18). The molecule has 0 aromatic carbocycles. The minimum atomic E-state index is -1.32. The van der Waals surface area contributed by atoms with Crippen molar-refractivity contribution in [3.8, 4) is 0 Å². The molecule has 1 aliphatic carbocycles. The van der Waals surface area contributed by atoms with Crippen LogP contribution in [0.5, 0.6) is 0 Å². The number of nitrogens with one attached hydrogen (secondary N) is 2. The first-order valence-corrected chi connectivity index (χ1v) is 6.34. The number of carbonyl (C=O) groups is 3. The Bertz CT molecular complexity index is 381. The van der Waals surface area contributed by atoms with Crippen LogP contribution in [0.2, 0.25) is 0 Å². The van der Waals surface area contributed by atoms with Crippen molar-refractivity contribution in [1.82, 2.24) is 15.5 Å². The van der Waals surface area contributed by atoms with E-state index < -0.39 is 17.5 Å². The lowest BCUT2D eigenvalue weighted by Crippen LogP contribution is -2.56. The van der Waals surface area contributed by atoms with Gasteiger partial charge in [-0.25, -0.2) is 9.59 Å². The summed E-state index contributed by atoms with van der Waals surface area (Å²) in [7, 11) is 1.46. The van der Waals surface area contributed by atoms with Crippen LogP contribution in [0.1, 0.15) is 33.1 Å². The Hall–Kier alpha value is -1.79. The van der Waals surface area contributed by atoms with Crippen LogP contribution >= 0.6 is 0 Å². The van der Waals surface area contributed by atoms with Gasteiger partial charge in [0, 0.05) is 13.1 Å². The second-order valence-electron chi connectivity index (χ2n) is 5.12. The maximum absolute atomic E-state index is 11.8. The number of likely N-dealkylation sites (N-methyl/N-ethyl adjacent to an activating group) is 1. The predicted molar refractivity (Wildman–Crippen MR) is 68.7 cm³/mol. The van der Waals surface area contributed by atoms with Gasteiger partial charge >= 0.3 is 12.0 Å². The SMILES string of the molecule is CCC(C)(NC(=O)N(C)CC(=O)NC1CC1)C(=O)O. The summed E-state index contributed by atoms with van der Waals surface area (Å²) in [6.07, 6.45) is 2.22. The summed E-state index contributed by atoms with van der Waals surface area (Å²) in [6.45, 7) is 3.03. The number of nitrogens with zero attached hydrogens (tertiary/aromatic N) is 1. The highest BCUT2D eigenvalue weighted by atomic mass is 16.4. The summed E-state index contributed by atoms with van der Waals surface area (Å²) in [5.74, 6) is -1.33. The summed E-state index contributed by atoms with van der Waals surface area (Å²) in [5, 5.41) is 14.2. The highest BCUT2D eigenvalue weighted by Crippen LogP contribution is 2.18. The highest BCUT2D eigenvalue weighted by Gasteiger charge is 2.34. The van der Waals surface area contributed by atoms with Crippen LogP contribution in [0.25, 0.3) is 0 Å². The molecule has 108 valence electrons. The van der Waals surface area contributed by atoms with E-state index in [9.17, 15) is 14.4 Å². The quantitative estimate of drug-likeness (QED) is 0.641. The summed E-state index contributed by atoms with van der Waals surface area (Å²) in [6, 6.07) is -0.332. The third-order valence-electron chi connectivity index (χ3n) is 3.23. The van der Waals surface area contributed by atoms with Gasteiger partial charge in [0.25, 0.3) is 0 Å². The van der Waals surface area contributed by atoms with Gasteiger partial charge in [0.2, 0.25) is 5.91 Å². The highest BCUT2D eigenvalue weighted by molar-refractivity contribution is 5.88. The molecule has 3 amide bonds. The van der Waals surface area contributed by atoms with Gasteiger partial charge in [-0.3, -0.25) is 4.79 Å². The topological polar surface area (TPSA) is 98.7 Å². The van der Waals surface area contributed by atoms with Gasteiger partial charge in [-0.1, -0.05) is 6.92 Å². The average Bonchev–Trinajstić information content (AvgIpc) is 3.11. The molecule has 3 N–H and O–H groups in total. The second-order valence-corrected chi connectivity index (χ2v) is 5.12. The molecule has 1 fully saturated rings. The number of rotatable bonds is 6. The zero-order valence-electron chi connectivity index (χ0n) is 11.5. The summed E-state index contributed by atoms with van der Waals surface area (Å²) in [4.78, 5) is 35.6. The first-order chi connectivity index (χ1) is 8.78. The molecule has 1 rings (SSSR count). The van der Waals surface area contributed by atoms with Crippen LogP contribution in [0.3, 0.4) is 0 Å². The van der Waals surface area contributed by atoms with Crippen LogP contribution in [0.15, 0.2) is 0 Å². The van der Waals surface area contributed by atoms with Crippen molar-refractivity contribution < 1.29 is 19.5 Å².